The minimum Gasteiger partial charge on any atom is -0.393 e. The van der Waals surface area contributed by atoms with Gasteiger partial charge in [-0.3, -0.25) is 0 Å². The van der Waals surface area contributed by atoms with E-state index in [0.717, 1.165) is 49.4 Å². The maximum Gasteiger partial charge on any atom is 0.159 e. The van der Waals surface area contributed by atoms with Crippen molar-refractivity contribution in [1.82, 2.24) is 9.97 Å². The summed E-state index contributed by atoms with van der Waals surface area (Å²) in [4.78, 5) is 11.1. The van der Waals surface area contributed by atoms with Crippen LogP contribution in [0.1, 0.15) is 24.0 Å². The van der Waals surface area contributed by atoms with Crippen LogP contribution in [0.4, 0.5) is 23.0 Å². The zero-order valence-electron chi connectivity index (χ0n) is 16.6. The Labute approximate surface area is 176 Å². The van der Waals surface area contributed by atoms with Crippen molar-refractivity contribution in [3.05, 3.63) is 71.0 Å². The summed E-state index contributed by atoms with van der Waals surface area (Å²) >= 11 is 6.23. The van der Waals surface area contributed by atoms with E-state index in [0.29, 0.717) is 22.4 Å². The summed E-state index contributed by atoms with van der Waals surface area (Å²) in [5, 5.41) is 3.99. The number of anilines is 4. The number of nitrogen functional groups attached to an aromatic ring is 1. The topological polar surface area (TPSA) is 67.1 Å². The molecule has 0 radical (unpaired) electrons. The van der Waals surface area contributed by atoms with Crippen molar-refractivity contribution >= 4 is 34.6 Å². The molecule has 0 atom stereocenters. The zero-order chi connectivity index (χ0) is 20.2. The number of aromatic nitrogens is 2. The number of halogens is 1. The van der Waals surface area contributed by atoms with Crippen LogP contribution in [-0.2, 0) is 6.42 Å². The first-order valence-corrected chi connectivity index (χ1v) is 10.4. The first kappa shape index (κ1) is 19.5. The molecular weight excluding hydrogens is 382 g/mol. The molecule has 150 valence electrons. The van der Waals surface area contributed by atoms with Crippen LogP contribution < -0.4 is 16.0 Å². The molecule has 29 heavy (non-hydrogen) atoms. The molecule has 0 saturated carbocycles. The predicted octanol–water partition coefficient (Wildman–Crippen LogP) is 5.22. The Morgan fingerprint density at radius 3 is 2.59 bits per heavy atom. The Morgan fingerprint density at radius 1 is 1.10 bits per heavy atom. The lowest BCUT2D eigenvalue weighted by atomic mass is 9.90. The molecule has 4 rings (SSSR count). The van der Waals surface area contributed by atoms with Gasteiger partial charge in [0.25, 0.3) is 0 Å². The third-order valence-corrected chi connectivity index (χ3v) is 5.99. The van der Waals surface area contributed by atoms with Crippen LogP contribution in [0, 0.1) is 12.8 Å². The molecule has 1 fully saturated rings. The van der Waals surface area contributed by atoms with E-state index in [1.165, 1.54) is 5.56 Å². The number of hydrogen-bond acceptors (Lipinski definition) is 5. The van der Waals surface area contributed by atoms with E-state index in [2.05, 4.69) is 50.5 Å². The highest BCUT2D eigenvalue weighted by Gasteiger charge is 2.23. The standard InChI is InChI=1S/C23H26ClN5/c1-16-7-8-19(14-20(16)24)28-22-21(25)23(27-15-26-22)29-11-9-18(10-12-29)13-17-5-3-2-4-6-17/h2-8,14-15,18H,9-13,25H2,1H3,(H,26,27,28). The maximum absolute atomic E-state index is 6.43. The lowest BCUT2D eigenvalue weighted by Gasteiger charge is -2.33. The highest BCUT2D eigenvalue weighted by molar-refractivity contribution is 6.31. The Morgan fingerprint density at radius 2 is 1.86 bits per heavy atom. The van der Waals surface area contributed by atoms with Crippen LogP contribution in [0.3, 0.4) is 0 Å². The quantitative estimate of drug-likeness (QED) is 0.606. The fourth-order valence-corrected chi connectivity index (χ4v) is 4.02. The molecule has 2 heterocycles. The molecule has 0 spiro atoms. The van der Waals surface area contributed by atoms with Gasteiger partial charge in [0, 0.05) is 23.8 Å². The molecule has 1 aliphatic heterocycles. The number of aryl methyl sites for hydroxylation is 1. The van der Waals surface area contributed by atoms with Crippen LogP contribution >= 0.6 is 11.6 Å². The molecule has 6 heteroatoms. The van der Waals surface area contributed by atoms with E-state index in [-0.39, 0.29) is 0 Å². The molecule has 1 aliphatic rings. The Balaban J connectivity index is 1.43. The lowest BCUT2D eigenvalue weighted by Crippen LogP contribution is -2.35. The van der Waals surface area contributed by atoms with Crippen molar-refractivity contribution in [1.29, 1.82) is 0 Å². The second kappa shape index (κ2) is 8.70. The molecule has 5 nitrogen and oxygen atoms in total. The molecule has 3 aromatic rings. The average molecular weight is 408 g/mol. The van der Waals surface area contributed by atoms with E-state index in [9.17, 15) is 0 Å². The van der Waals surface area contributed by atoms with Gasteiger partial charge in [-0.1, -0.05) is 48.0 Å². The molecule has 1 saturated heterocycles. The van der Waals surface area contributed by atoms with Crippen molar-refractivity contribution in [3.63, 3.8) is 0 Å². The minimum atomic E-state index is 0.575. The fraction of sp³-hybridized carbons (Fsp3) is 0.304. The van der Waals surface area contributed by atoms with E-state index < -0.39 is 0 Å². The SMILES string of the molecule is Cc1ccc(Nc2ncnc(N3CCC(Cc4ccccc4)CC3)c2N)cc1Cl. The van der Waals surface area contributed by atoms with E-state index >= 15 is 0 Å². The number of nitrogens with one attached hydrogen (secondary N) is 1. The number of rotatable bonds is 5. The molecular formula is C23H26ClN5. The average Bonchev–Trinajstić information content (AvgIpc) is 2.74. The van der Waals surface area contributed by atoms with Gasteiger partial charge >= 0.3 is 0 Å². The highest BCUT2D eigenvalue weighted by atomic mass is 35.5. The summed E-state index contributed by atoms with van der Waals surface area (Å²) in [6.45, 7) is 3.88. The summed E-state index contributed by atoms with van der Waals surface area (Å²) < 4.78 is 0. The Hall–Kier alpha value is -2.79. The predicted molar refractivity (Wildman–Crippen MR) is 121 cm³/mol. The van der Waals surface area contributed by atoms with Crippen LogP contribution in [0.2, 0.25) is 5.02 Å². The zero-order valence-corrected chi connectivity index (χ0v) is 17.4. The molecule has 3 N–H and O–H groups in total. The van der Waals surface area contributed by atoms with Crippen LogP contribution in [-0.4, -0.2) is 23.1 Å². The number of benzene rings is 2. The van der Waals surface area contributed by atoms with Gasteiger partial charge in [0.2, 0.25) is 0 Å². The summed E-state index contributed by atoms with van der Waals surface area (Å²) in [5.74, 6) is 2.12. The van der Waals surface area contributed by atoms with Gasteiger partial charge in [0.15, 0.2) is 11.6 Å². The van der Waals surface area contributed by atoms with Crippen molar-refractivity contribution in [2.24, 2.45) is 5.92 Å². The van der Waals surface area contributed by atoms with Crippen molar-refractivity contribution in [2.75, 3.05) is 29.0 Å². The van der Waals surface area contributed by atoms with Crippen LogP contribution in [0.5, 0.6) is 0 Å². The molecule has 0 unspecified atom stereocenters. The van der Waals surface area contributed by atoms with Crippen molar-refractivity contribution in [2.45, 2.75) is 26.2 Å². The first-order valence-electron chi connectivity index (χ1n) is 10.0. The van der Waals surface area contributed by atoms with Gasteiger partial charge in [0.1, 0.15) is 12.0 Å². The fourth-order valence-electron chi connectivity index (χ4n) is 3.84. The van der Waals surface area contributed by atoms with Gasteiger partial charge in [0.05, 0.1) is 0 Å². The number of piperidine rings is 1. The van der Waals surface area contributed by atoms with Gasteiger partial charge < -0.3 is 16.0 Å². The number of nitrogens with zero attached hydrogens (tertiary/aromatic N) is 3. The largest absolute Gasteiger partial charge is 0.393 e. The summed E-state index contributed by atoms with van der Waals surface area (Å²) in [6.07, 6.45) is 4.97. The van der Waals surface area contributed by atoms with Crippen LogP contribution in [0.15, 0.2) is 54.9 Å². The third-order valence-electron chi connectivity index (χ3n) is 5.58. The molecule has 0 amide bonds. The maximum atomic E-state index is 6.43. The lowest BCUT2D eigenvalue weighted by molar-refractivity contribution is 0.402. The van der Waals surface area contributed by atoms with Gasteiger partial charge in [-0.25, -0.2) is 9.97 Å². The monoisotopic (exact) mass is 407 g/mol. The van der Waals surface area contributed by atoms with Crippen molar-refractivity contribution in [3.8, 4) is 0 Å². The number of hydrogen-bond donors (Lipinski definition) is 2. The van der Waals surface area contributed by atoms with Gasteiger partial charge in [-0.05, 0) is 55.4 Å². The second-order valence-electron chi connectivity index (χ2n) is 7.67. The minimum absolute atomic E-state index is 0.575. The van der Waals surface area contributed by atoms with Crippen molar-refractivity contribution < 1.29 is 0 Å². The Bertz CT molecular complexity index is 968. The Kier molecular flexibility index (Phi) is 5.86. The molecule has 2 aromatic carbocycles. The van der Waals surface area contributed by atoms with E-state index in [1.54, 1.807) is 6.33 Å². The molecule has 1 aromatic heterocycles. The normalized spacial score (nSPS) is 14.8. The molecule has 0 aliphatic carbocycles. The first-order chi connectivity index (χ1) is 14.1. The third kappa shape index (κ3) is 4.62. The summed E-state index contributed by atoms with van der Waals surface area (Å²) in [5.41, 5.74) is 10.3. The van der Waals surface area contributed by atoms with Gasteiger partial charge in [-0.15, -0.1) is 0 Å². The smallest absolute Gasteiger partial charge is 0.159 e. The second-order valence-corrected chi connectivity index (χ2v) is 8.08. The number of nitrogens with two attached hydrogens (primary N) is 1. The van der Waals surface area contributed by atoms with Crippen LogP contribution in [0.25, 0.3) is 0 Å². The highest BCUT2D eigenvalue weighted by Crippen LogP contribution is 2.32. The van der Waals surface area contributed by atoms with E-state index in [1.807, 2.05) is 25.1 Å². The summed E-state index contributed by atoms with van der Waals surface area (Å²) in [7, 11) is 0. The summed E-state index contributed by atoms with van der Waals surface area (Å²) in [6, 6.07) is 16.5. The van der Waals surface area contributed by atoms with Gasteiger partial charge in [-0.2, -0.15) is 0 Å². The van der Waals surface area contributed by atoms with E-state index in [4.69, 9.17) is 17.3 Å². The molecule has 0 bridgehead atoms.